The van der Waals surface area contributed by atoms with Crippen molar-refractivity contribution < 1.29 is 24.5 Å². The van der Waals surface area contributed by atoms with Gasteiger partial charge in [-0.3, -0.25) is 4.79 Å². The second-order valence-electron chi connectivity index (χ2n) is 13.2. The number of rotatable bonds is 11. The van der Waals surface area contributed by atoms with Crippen LogP contribution in [0.5, 0.6) is 11.5 Å². The zero-order chi connectivity index (χ0) is 37.3. The van der Waals surface area contributed by atoms with Gasteiger partial charge in [-0.1, -0.05) is 70.7 Å². The maximum Gasteiger partial charge on any atom is 0.225 e. The molecular formula is C40H44Cl4N4O5. The summed E-state index contributed by atoms with van der Waals surface area (Å²) >= 11 is 25.2. The van der Waals surface area contributed by atoms with Gasteiger partial charge in [0.15, 0.2) is 0 Å². The Labute approximate surface area is 330 Å². The lowest BCUT2D eigenvalue weighted by Gasteiger charge is -2.43. The highest BCUT2D eigenvalue weighted by Crippen LogP contribution is 2.40. The first-order chi connectivity index (χ1) is 25.7. The van der Waals surface area contributed by atoms with Crippen LogP contribution >= 0.6 is 46.4 Å². The number of nitrogens with one attached hydrogen (secondary N) is 1. The number of hydrogen-bond acceptors (Lipinski definition) is 8. The monoisotopic (exact) mass is 800 g/mol. The molecule has 53 heavy (non-hydrogen) atoms. The number of amides is 1. The third kappa shape index (κ3) is 10.2. The molecule has 2 heterocycles. The van der Waals surface area contributed by atoms with Crippen molar-refractivity contribution in [2.45, 2.75) is 24.9 Å². The average Bonchev–Trinajstić information content (AvgIpc) is 4.03. The first-order valence-corrected chi connectivity index (χ1v) is 19.4. The standard InChI is InChI=1S/C22H24Cl2N2O3.C18H20Cl2N2O2/c23-17-5-3-15(4-6-17)21-14-25(22(28)16-1-2-16)9-10-26(21)20-8-7-18(13-19(20)24)29-12-11-27;19-14-3-1-13(2-4-14)18-12-21-7-8-22(18)17-6-5-15(11-16(17)20)24-10-9-23/h3-8,13,16,21,27H,1-2,9-12,14H2;1-6,11,18,21,23H,7-10,12H2/t21-;18-/m00/s1. The van der Waals surface area contributed by atoms with Crippen molar-refractivity contribution >= 4 is 63.7 Å². The summed E-state index contributed by atoms with van der Waals surface area (Å²) in [4.78, 5) is 19.2. The quantitative estimate of drug-likeness (QED) is 0.142. The van der Waals surface area contributed by atoms with Crippen LogP contribution in [0.3, 0.4) is 0 Å². The fraction of sp³-hybridized carbons (Fsp3) is 0.375. The van der Waals surface area contributed by atoms with Gasteiger partial charge in [-0.05, 0) is 72.5 Å². The van der Waals surface area contributed by atoms with E-state index < -0.39 is 0 Å². The lowest BCUT2D eigenvalue weighted by molar-refractivity contribution is -0.133. The van der Waals surface area contributed by atoms with E-state index in [-0.39, 0.29) is 50.3 Å². The molecule has 3 N–H and O–H groups in total. The first kappa shape index (κ1) is 39.3. The Morgan fingerprint density at radius 1 is 0.679 bits per heavy atom. The number of nitrogens with zero attached hydrogens (tertiary/aromatic N) is 3. The Kier molecular flexibility index (Phi) is 13.9. The Morgan fingerprint density at radius 3 is 1.68 bits per heavy atom. The van der Waals surface area contributed by atoms with E-state index in [1.807, 2.05) is 65.6 Å². The molecule has 0 radical (unpaired) electrons. The van der Waals surface area contributed by atoms with Gasteiger partial charge in [0.1, 0.15) is 24.7 Å². The molecular weight excluding hydrogens is 758 g/mol. The number of carbonyl (C=O) groups is 1. The molecule has 0 spiro atoms. The molecule has 0 aromatic heterocycles. The van der Waals surface area contributed by atoms with Crippen LogP contribution in [-0.2, 0) is 4.79 Å². The minimum absolute atomic E-state index is 0.00886. The fourth-order valence-corrected chi connectivity index (χ4v) is 7.56. The fourth-order valence-electron chi connectivity index (χ4n) is 6.75. The van der Waals surface area contributed by atoms with Crippen molar-refractivity contribution in [2.24, 2.45) is 5.92 Å². The van der Waals surface area contributed by atoms with Crippen LogP contribution < -0.4 is 24.6 Å². The summed E-state index contributed by atoms with van der Waals surface area (Å²) < 4.78 is 10.9. The van der Waals surface area contributed by atoms with Gasteiger partial charge in [0.2, 0.25) is 5.91 Å². The molecule has 1 amide bonds. The van der Waals surface area contributed by atoms with Crippen LogP contribution in [0.4, 0.5) is 11.4 Å². The van der Waals surface area contributed by atoms with Crippen molar-refractivity contribution in [3.8, 4) is 11.5 Å². The highest BCUT2D eigenvalue weighted by Gasteiger charge is 2.38. The van der Waals surface area contributed by atoms with E-state index in [0.29, 0.717) is 46.2 Å². The zero-order valence-corrected chi connectivity index (χ0v) is 32.3. The van der Waals surface area contributed by atoms with Crippen molar-refractivity contribution in [1.29, 1.82) is 0 Å². The van der Waals surface area contributed by atoms with Crippen LogP contribution in [0.15, 0.2) is 84.9 Å². The highest BCUT2D eigenvalue weighted by atomic mass is 35.5. The van der Waals surface area contributed by atoms with E-state index in [1.165, 1.54) is 5.56 Å². The summed E-state index contributed by atoms with van der Waals surface area (Å²) in [7, 11) is 0. The van der Waals surface area contributed by atoms with Gasteiger partial charge < -0.3 is 39.7 Å². The molecule has 9 nitrogen and oxygen atoms in total. The molecule has 7 rings (SSSR count). The van der Waals surface area contributed by atoms with E-state index in [2.05, 4.69) is 27.2 Å². The SMILES string of the molecule is O=C(C1CC1)N1CCN(c2ccc(OCCO)cc2Cl)[C@H](c2ccc(Cl)cc2)C1.OCCOc1ccc(N2CCNC[C@H]2c2ccc(Cl)cc2)c(Cl)c1. The number of ether oxygens (including phenoxy) is 2. The maximum absolute atomic E-state index is 12.7. The number of anilines is 2. The molecule has 2 saturated heterocycles. The van der Waals surface area contributed by atoms with E-state index in [0.717, 1.165) is 54.4 Å². The van der Waals surface area contributed by atoms with Crippen LogP contribution in [-0.4, -0.2) is 86.7 Å². The first-order valence-electron chi connectivity index (χ1n) is 17.9. The van der Waals surface area contributed by atoms with E-state index in [9.17, 15) is 4.79 Å². The third-order valence-electron chi connectivity index (χ3n) is 9.55. The summed E-state index contributed by atoms with van der Waals surface area (Å²) in [6, 6.07) is 27.1. The van der Waals surface area contributed by atoms with Gasteiger partial charge >= 0.3 is 0 Å². The lowest BCUT2D eigenvalue weighted by atomic mass is 10.0. The zero-order valence-electron chi connectivity index (χ0n) is 29.3. The summed E-state index contributed by atoms with van der Waals surface area (Å²) in [5, 5.41) is 23.9. The average molecular weight is 803 g/mol. The molecule has 13 heteroatoms. The third-order valence-corrected chi connectivity index (χ3v) is 10.7. The number of halogens is 4. The van der Waals surface area contributed by atoms with Gasteiger partial charge in [-0.25, -0.2) is 0 Å². The molecule has 3 fully saturated rings. The number of aliphatic hydroxyl groups excluding tert-OH is 2. The molecule has 4 aromatic rings. The van der Waals surface area contributed by atoms with Crippen molar-refractivity contribution in [1.82, 2.24) is 10.2 Å². The topological polar surface area (TPSA) is 97.7 Å². The molecule has 1 aliphatic carbocycles. The lowest BCUT2D eigenvalue weighted by Crippen LogP contribution is -2.51. The van der Waals surface area contributed by atoms with Gasteiger partial charge in [0.25, 0.3) is 0 Å². The molecule has 2 atom stereocenters. The van der Waals surface area contributed by atoms with Crippen molar-refractivity contribution in [3.05, 3.63) is 116 Å². The normalized spacial score (nSPS) is 18.6. The molecule has 0 bridgehead atoms. The van der Waals surface area contributed by atoms with Crippen LogP contribution in [0.25, 0.3) is 0 Å². The summed E-state index contributed by atoms with van der Waals surface area (Å²) in [6.45, 7) is 5.04. The summed E-state index contributed by atoms with van der Waals surface area (Å²) in [5.41, 5.74) is 4.18. The Bertz CT molecular complexity index is 1810. The molecule has 2 aliphatic heterocycles. The molecule has 1 saturated carbocycles. The van der Waals surface area contributed by atoms with Crippen molar-refractivity contribution in [2.75, 3.05) is 75.5 Å². The number of aliphatic hydroxyl groups is 2. The number of piperazine rings is 2. The number of carbonyl (C=O) groups excluding carboxylic acids is 1. The maximum atomic E-state index is 12.7. The second kappa shape index (κ2) is 18.8. The predicted molar refractivity (Wildman–Crippen MR) is 213 cm³/mol. The predicted octanol–water partition coefficient (Wildman–Crippen LogP) is 7.68. The molecule has 0 unspecified atom stereocenters. The van der Waals surface area contributed by atoms with E-state index in [1.54, 1.807) is 12.1 Å². The minimum atomic E-state index is -0.0466. The van der Waals surface area contributed by atoms with E-state index >= 15 is 0 Å². The van der Waals surface area contributed by atoms with E-state index in [4.69, 9.17) is 66.1 Å². The van der Waals surface area contributed by atoms with Gasteiger partial charge in [0, 0.05) is 67.4 Å². The molecule has 3 aliphatic rings. The van der Waals surface area contributed by atoms with Gasteiger partial charge in [-0.2, -0.15) is 0 Å². The number of benzene rings is 4. The highest BCUT2D eigenvalue weighted by molar-refractivity contribution is 6.34. The largest absolute Gasteiger partial charge is 0.491 e. The summed E-state index contributed by atoms with van der Waals surface area (Å²) in [6.07, 6.45) is 2.01. The number of hydrogen-bond donors (Lipinski definition) is 3. The van der Waals surface area contributed by atoms with Crippen LogP contribution in [0.1, 0.15) is 36.1 Å². The second-order valence-corrected chi connectivity index (χ2v) is 14.8. The molecule has 282 valence electrons. The Balaban J connectivity index is 0.000000185. The Hall–Kier alpha value is -3.41. The minimum Gasteiger partial charge on any atom is -0.491 e. The molecule has 4 aromatic carbocycles. The van der Waals surface area contributed by atoms with Crippen molar-refractivity contribution in [3.63, 3.8) is 0 Å². The van der Waals surface area contributed by atoms with Crippen LogP contribution in [0, 0.1) is 5.92 Å². The van der Waals surface area contributed by atoms with Gasteiger partial charge in [0.05, 0.1) is 46.7 Å². The Morgan fingerprint density at radius 2 is 1.19 bits per heavy atom. The summed E-state index contributed by atoms with van der Waals surface area (Å²) in [5.74, 6) is 1.76. The smallest absolute Gasteiger partial charge is 0.225 e. The van der Waals surface area contributed by atoms with Crippen LogP contribution in [0.2, 0.25) is 20.1 Å². The van der Waals surface area contributed by atoms with Gasteiger partial charge in [-0.15, -0.1) is 0 Å².